The highest BCUT2D eigenvalue weighted by molar-refractivity contribution is 7.10. The molecule has 4 heteroatoms. The zero-order chi connectivity index (χ0) is 14.8. The zero-order valence-corrected chi connectivity index (χ0v) is 12.8. The van der Waals surface area contributed by atoms with Crippen molar-refractivity contribution in [1.29, 1.82) is 0 Å². The number of carboxylic acids is 1. The number of nitrogens with zero attached hydrogens (tertiary/aromatic N) is 1. The van der Waals surface area contributed by atoms with E-state index < -0.39 is 12.0 Å². The number of aliphatic carboxylic acids is 1. The molecule has 0 saturated heterocycles. The van der Waals surface area contributed by atoms with E-state index in [2.05, 4.69) is 24.0 Å². The average molecular weight is 301 g/mol. The van der Waals surface area contributed by atoms with E-state index in [0.717, 1.165) is 25.1 Å². The molecule has 0 amide bonds. The summed E-state index contributed by atoms with van der Waals surface area (Å²) in [6, 6.07) is 11.8. The van der Waals surface area contributed by atoms with E-state index in [1.807, 2.05) is 29.6 Å². The molecule has 3 nitrogen and oxygen atoms in total. The lowest BCUT2D eigenvalue weighted by Gasteiger charge is -2.35. The molecule has 0 fully saturated rings. The van der Waals surface area contributed by atoms with E-state index >= 15 is 0 Å². The smallest absolute Gasteiger partial charge is 0.325 e. The predicted molar refractivity (Wildman–Crippen MR) is 84.8 cm³/mol. The van der Waals surface area contributed by atoms with Gasteiger partial charge in [0.15, 0.2) is 0 Å². The van der Waals surface area contributed by atoms with Crippen LogP contribution in [0.1, 0.15) is 34.9 Å². The zero-order valence-electron chi connectivity index (χ0n) is 12.0. The Labute approximate surface area is 128 Å². The lowest BCUT2D eigenvalue weighted by Crippen LogP contribution is -2.41. The van der Waals surface area contributed by atoms with Crippen molar-refractivity contribution in [1.82, 2.24) is 4.90 Å². The lowest BCUT2D eigenvalue weighted by molar-refractivity contribution is -0.144. The number of carbonyl (C=O) groups is 1. The first-order valence-corrected chi connectivity index (χ1v) is 8.13. The van der Waals surface area contributed by atoms with Gasteiger partial charge in [-0.3, -0.25) is 9.69 Å². The number of hydrogen-bond acceptors (Lipinski definition) is 3. The molecule has 0 saturated carbocycles. The molecule has 1 N–H and O–H groups in total. The summed E-state index contributed by atoms with van der Waals surface area (Å²) in [6.07, 6.45) is 0.957. The Morgan fingerprint density at radius 2 is 2.14 bits per heavy atom. The van der Waals surface area contributed by atoms with Crippen molar-refractivity contribution in [2.24, 2.45) is 0 Å². The average Bonchev–Trinajstić information content (AvgIpc) is 2.95. The molecule has 2 heterocycles. The second-order valence-electron chi connectivity index (χ2n) is 5.60. The Balaban J connectivity index is 1.80. The van der Waals surface area contributed by atoms with E-state index in [-0.39, 0.29) is 0 Å². The third-order valence-electron chi connectivity index (χ3n) is 4.18. The van der Waals surface area contributed by atoms with Gasteiger partial charge in [0.1, 0.15) is 6.04 Å². The highest BCUT2D eigenvalue weighted by Gasteiger charge is 2.34. The largest absolute Gasteiger partial charge is 0.480 e. The summed E-state index contributed by atoms with van der Waals surface area (Å²) in [6.45, 7) is 3.76. The van der Waals surface area contributed by atoms with E-state index in [1.54, 1.807) is 11.3 Å². The molecule has 0 bridgehead atoms. The third kappa shape index (κ3) is 2.87. The van der Waals surface area contributed by atoms with Crippen molar-refractivity contribution in [3.8, 4) is 0 Å². The van der Waals surface area contributed by atoms with Gasteiger partial charge in [0, 0.05) is 18.0 Å². The quantitative estimate of drug-likeness (QED) is 0.939. The number of hydrogen-bond donors (Lipinski definition) is 1. The van der Waals surface area contributed by atoms with Crippen LogP contribution in [0.4, 0.5) is 0 Å². The minimum absolute atomic E-state index is 0.327. The minimum Gasteiger partial charge on any atom is -0.480 e. The maximum atomic E-state index is 11.7. The highest BCUT2D eigenvalue weighted by Crippen LogP contribution is 2.34. The highest BCUT2D eigenvalue weighted by atomic mass is 32.1. The molecular formula is C17H19NO2S. The number of thiophene rings is 1. The van der Waals surface area contributed by atoms with Gasteiger partial charge in [-0.1, -0.05) is 37.3 Å². The number of fused-ring (bicyclic) bond motifs is 1. The van der Waals surface area contributed by atoms with Crippen LogP contribution in [0.25, 0.3) is 0 Å². The first kappa shape index (κ1) is 14.3. The molecule has 1 aliphatic heterocycles. The van der Waals surface area contributed by atoms with E-state index in [4.69, 9.17) is 0 Å². The normalized spacial score (nSPS) is 20.0. The van der Waals surface area contributed by atoms with Crippen molar-refractivity contribution >= 4 is 17.3 Å². The van der Waals surface area contributed by atoms with Gasteiger partial charge in [-0.2, -0.15) is 0 Å². The van der Waals surface area contributed by atoms with Crippen molar-refractivity contribution in [3.05, 3.63) is 57.8 Å². The fourth-order valence-electron chi connectivity index (χ4n) is 3.09. The molecule has 1 aromatic carbocycles. The van der Waals surface area contributed by atoms with Crippen LogP contribution in [-0.2, 0) is 11.2 Å². The van der Waals surface area contributed by atoms with E-state index in [9.17, 15) is 9.90 Å². The van der Waals surface area contributed by atoms with Crippen LogP contribution >= 0.6 is 11.3 Å². The van der Waals surface area contributed by atoms with Crippen molar-refractivity contribution in [2.45, 2.75) is 25.3 Å². The molecule has 110 valence electrons. The lowest BCUT2D eigenvalue weighted by atomic mass is 9.95. The fourth-order valence-corrected chi connectivity index (χ4v) is 4.00. The monoisotopic (exact) mass is 301 g/mol. The topological polar surface area (TPSA) is 40.5 Å². The standard InChI is InChI=1S/C17H19NO2S/c1-12(13-5-3-2-4-6-13)11-18-9-7-15-14(8-10-21-15)16(18)17(19)20/h2-6,8,10,12,16H,7,9,11H2,1H3,(H,19,20). The second kappa shape index (κ2) is 6.00. The van der Waals surface area contributed by atoms with Crippen LogP contribution < -0.4 is 0 Å². The molecular weight excluding hydrogens is 282 g/mol. The van der Waals surface area contributed by atoms with Gasteiger partial charge in [-0.05, 0) is 34.9 Å². The van der Waals surface area contributed by atoms with Gasteiger partial charge in [-0.15, -0.1) is 11.3 Å². The number of rotatable bonds is 4. The molecule has 1 aliphatic rings. The summed E-state index contributed by atoms with van der Waals surface area (Å²) in [5.41, 5.74) is 2.25. The third-order valence-corrected chi connectivity index (χ3v) is 5.17. The maximum Gasteiger partial charge on any atom is 0.325 e. The fraction of sp³-hybridized carbons (Fsp3) is 0.353. The molecule has 2 atom stereocenters. The Hall–Kier alpha value is -1.65. The SMILES string of the molecule is CC(CN1CCc2sccc2C1C(=O)O)c1ccccc1. The van der Waals surface area contributed by atoms with Crippen LogP contribution in [0.5, 0.6) is 0 Å². The maximum absolute atomic E-state index is 11.7. The summed E-state index contributed by atoms with van der Waals surface area (Å²) < 4.78 is 0. The Bertz CT molecular complexity index is 623. The Morgan fingerprint density at radius 3 is 2.86 bits per heavy atom. The molecule has 0 spiro atoms. The molecule has 0 aliphatic carbocycles. The van der Waals surface area contributed by atoms with E-state index in [0.29, 0.717) is 5.92 Å². The van der Waals surface area contributed by atoms with Gasteiger partial charge in [0.25, 0.3) is 0 Å². The van der Waals surface area contributed by atoms with Crippen molar-refractivity contribution < 1.29 is 9.90 Å². The van der Waals surface area contributed by atoms with Gasteiger partial charge in [0.05, 0.1) is 0 Å². The summed E-state index contributed by atoms with van der Waals surface area (Å²) >= 11 is 1.67. The Kier molecular flexibility index (Phi) is 4.08. The molecule has 1 aromatic heterocycles. The van der Waals surface area contributed by atoms with Crippen LogP contribution in [0.15, 0.2) is 41.8 Å². The van der Waals surface area contributed by atoms with E-state index in [1.165, 1.54) is 10.4 Å². The molecule has 0 radical (unpaired) electrons. The van der Waals surface area contributed by atoms with Crippen LogP contribution in [0.3, 0.4) is 0 Å². The first-order valence-electron chi connectivity index (χ1n) is 7.25. The number of benzene rings is 1. The van der Waals surface area contributed by atoms with Crippen LogP contribution in [0, 0.1) is 0 Å². The minimum atomic E-state index is -0.741. The first-order chi connectivity index (χ1) is 10.2. The van der Waals surface area contributed by atoms with Crippen LogP contribution in [0.2, 0.25) is 0 Å². The second-order valence-corrected chi connectivity index (χ2v) is 6.60. The van der Waals surface area contributed by atoms with Gasteiger partial charge >= 0.3 is 5.97 Å². The summed E-state index contributed by atoms with van der Waals surface area (Å²) in [4.78, 5) is 15.0. The summed E-state index contributed by atoms with van der Waals surface area (Å²) in [5, 5.41) is 11.6. The molecule has 2 aromatic rings. The Morgan fingerprint density at radius 1 is 1.38 bits per heavy atom. The van der Waals surface area contributed by atoms with Crippen molar-refractivity contribution in [2.75, 3.05) is 13.1 Å². The molecule has 21 heavy (non-hydrogen) atoms. The summed E-state index contributed by atoms with van der Waals surface area (Å²) in [5.74, 6) is -0.414. The van der Waals surface area contributed by atoms with Gasteiger partial charge in [-0.25, -0.2) is 0 Å². The van der Waals surface area contributed by atoms with Gasteiger partial charge < -0.3 is 5.11 Å². The predicted octanol–water partition coefficient (Wildman–Crippen LogP) is 3.54. The van der Waals surface area contributed by atoms with Crippen molar-refractivity contribution in [3.63, 3.8) is 0 Å². The van der Waals surface area contributed by atoms with Gasteiger partial charge in [0.2, 0.25) is 0 Å². The summed E-state index contributed by atoms with van der Waals surface area (Å²) in [7, 11) is 0. The molecule has 3 rings (SSSR count). The number of carboxylic acid groups (broad SMARTS) is 1. The molecule has 2 unspecified atom stereocenters. The van der Waals surface area contributed by atoms with Crippen LogP contribution in [-0.4, -0.2) is 29.1 Å².